The number of esters is 4. The van der Waals surface area contributed by atoms with Gasteiger partial charge in [-0.15, -0.1) is 26.3 Å². The SMILES string of the molecule is C=CCOOC(COC(=O)C=C)CC(F)(F)C(F)(F)C(F)(F)C(F)(F)C(F)(F)C(F)(F)C(F)(F)C(F)(F)F.C=CCOOC(COC(=O)C=C)CC(F)(F)C(F)(F)C(F)(F)C(F)(F)C(F)(F)C(F)(F)F.C=CCOOC(COC(=O)C=C)CC(F)(F)C(F)(F)C(F)(F)C(F)(F)F.C=CCOOC(COC(=O)C=C)CC(F)(F)C(F)(F)C(F)(F)C(F)(F)F. The first-order valence-corrected chi connectivity index (χ1v) is 29.9. The third-order valence-electron chi connectivity index (χ3n) is 13.0. The summed E-state index contributed by atoms with van der Waals surface area (Å²) in [7, 11) is 0. The van der Waals surface area contributed by atoms with E-state index in [1.54, 1.807) is 0 Å². The number of rotatable bonds is 50. The lowest BCUT2D eigenvalue weighted by atomic mass is 9.88. The van der Waals surface area contributed by atoms with Crippen LogP contribution in [-0.2, 0) is 77.2 Å². The number of alkyl halides is 48. The smallest absolute Gasteiger partial charge is 0.460 e. The molecule has 0 heterocycles. The lowest BCUT2D eigenvalue weighted by Crippen LogP contribution is -2.74. The van der Waals surface area contributed by atoms with Crippen LogP contribution in [-0.4, -0.2) is 232 Å². The van der Waals surface area contributed by atoms with Crippen LogP contribution in [0.2, 0.25) is 0 Å². The summed E-state index contributed by atoms with van der Waals surface area (Å²) >= 11 is 0. The van der Waals surface area contributed by atoms with Crippen LogP contribution < -0.4 is 0 Å². The van der Waals surface area contributed by atoms with E-state index >= 15 is 0 Å². The van der Waals surface area contributed by atoms with Crippen LogP contribution >= 0.6 is 0 Å². The maximum atomic E-state index is 14.1. The van der Waals surface area contributed by atoms with E-state index in [-0.39, 0.29) is 0 Å². The normalized spacial score (nSPS) is 15.1. The van der Waals surface area contributed by atoms with Crippen LogP contribution in [0.25, 0.3) is 0 Å². The number of hydrogen-bond acceptors (Lipinski definition) is 16. The Bertz CT molecular complexity index is 3290. The number of halogens is 48. The minimum absolute atomic E-state index is 0.322. The quantitative estimate of drug-likeness (QED) is 0.00820. The van der Waals surface area contributed by atoms with Crippen LogP contribution in [0.15, 0.2) is 101 Å². The summed E-state index contributed by atoms with van der Waals surface area (Å²) in [5.74, 6) is -140. The Balaban J connectivity index is -0.000000770. The van der Waals surface area contributed by atoms with E-state index < -0.39 is 258 Å². The van der Waals surface area contributed by atoms with Gasteiger partial charge in [-0.05, 0) is 0 Å². The number of carbonyl (C=O) groups is 4. The van der Waals surface area contributed by atoms with Gasteiger partial charge in [-0.1, -0.05) is 50.6 Å². The molecule has 0 N–H and O–H groups in total. The van der Waals surface area contributed by atoms with Gasteiger partial charge in [0.1, 0.15) is 77.3 Å². The second-order valence-electron chi connectivity index (χ2n) is 22.2. The fourth-order valence-electron chi connectivity index (χ4n) is 6.62. The Morgan fingerprint density at radius 1 is 0.205 bits per heavy atom. The van der Waals surface area contributed by atoms with Gasteiger partial charge in [0.05, 0.1) is 25.7 Å². The standard InChI is InChI=1S/C17H13F17O4.C15H13F13O4.2C13H13F9O4/c1-3-5-37-38-8(7-36-9(35)4-2)6-10(18,19)11(20,21)12(22,23)13(24,25)14(26,27)15(28,29)16(30,31)17(32,33)34;1-3-5-31-32-8(7-30-9(29)4-2)6-10(16,17)11(18,19)12(20,21)13(22,23)14(24,25)15(26,27)28;2*1-3-5-25-26-8(7-24-9(23)4-2)6-10(14,15)11(16,17)12(18,19)13(20,21)22/h3-4,8H,1-2,5-7H2;3-4,8H,1-2,5-7H2;2*3-4,8H,1-2,5-7H2. The second kappa shape index (κ2) is 43.8. The molecular formula is C58H52F48O16. The highest BCUT2D eigenvalue weighted by Crippen LogP contribution is 2.66. The van der Waals surface area contributed by atoms with Gasteiger partial charge < -0.3 is 18.9 Å². The van der Waals surface area contributed by atoms with Gasteiger partial charge in [0.25, 0.3) is 0 Å². The molecule has 0 radical (unpaired) electrons. The number of ether oxygens (including phenoxy) is 4. The molecule has 0 rings (SSSR count). The summed E-state index contributed by atoms with van der Waals surface area (Å²) in [4.78, 5) is 76.5. The minimum Gasteiger partial charge on any atom is -0.460 e. The molecule has 0 spiro atoms. The van der Waals surface area contributed by atoms with Crippen LogP contribution in [0.4, 0.5) is 211 Å². The van der Waals surface area contributed by atoms with Crippen molar-refractivity contribution in [2.75, 3.05) is 52.9 Å². The number of carbonyl (C=O) groups excluding carboxylic acids is 4. The highest BCUT2D eigenvalue weighted by atomic mass is 19.5. The van der Waals surface area contributed by atoms with Crippen LogP contribution in [0, 0.1) is 0 Å². The molecule has 0 aromatic rings. The summed E-state index contributed by atoms with van der Waals surface area (Å²) in [5, 5.41) is 0. The largest absolute Gasteiger partial charge is 0.460 e. The van der Waals surface area contributed by atoms with E-state index in [1.165, 1.54) is 0 Å². The van der Waals surface area contributed by atoms with Crippen molar-refractivity contribution in [1.29, 1.82) is 0 Å². The first-order valence-electron chi connectivity index (χ1n) is 29.9. The van der Waals surface area contributed by atoms with E-state index in [9.17, 15) is 230 Å². The van der Waals surface area contributed by atoms with Gasteiger partial charge in [0.15, 0.2) is 0 Å². The molecule has 0 bridgehead atoms. The Kier molecular flexibility index (Phi) is 43.3. The average Bonchev–Trinajstić information content (AvgIpc) is 0.696. The molecule has 0 saturated carbocycles. The Hall–Kier alpha value is -7.88. The monoisotopic (exact) mass is 1920 g/mol. The summed E-state index contributed by atoms with van der Waals surface area (Å²) in [6, 6.07) is 0. The van der Waals surface area contributed by atoms with Crippen LogP contribution in [0.5, 0.6) is 0 Å². The molecule has 4 unspecified atom stereocenters. The molecule has 122 heavy (non-hydrogen) atoms. The van der Waals surface area contributed by atoms with Gasteiger partial charge >= 0.3 is 155 Å². The third kappa shape index (κ3) is 28.1. The molecule has 4 atom stereocenters. The summed E-state index contributed by atoms with van der Waals surface area (Å²) < 4.78 is 643. The molecule has 16 nitrogen and oxygen atoms in total. The van der Waals surface area contributed by atoms with Crippen molar-refractivity contribution in [3.05, 3.63) is 101 Å². The second-order valence-corrected chi connectivity index (χ2v) is 22.2. The molecule has 0 saturated heterocycles. The lowest BCUT2D eigenvalue weighted by Gasteiger charge is -2.43. The average molecular weight is 1920 g/mol. The van der Waals surface area contributed by atoms with Crippen molar-refractivity contribution in [3.63, 3.8) is 0 Å². The Labute approximate surface area is 647 Å². The topological polar surface area (TPSA) is 179 Å². The van der Waals surface area contributed by atoms with Crippen molar-refractivity contribution in [3.8, 4) is 0 Å². The van der Waals surface area contributed by atoms with Crippen molar-refractivity contribution in [2.45, 2.75) is 181 Å². The van der Waals surface area contributed by atoms with Crippen molar-refractivity contribution < 1.29 is 288 Å². The van der Waals surface area contributed by atoms with Gasteiger partial charge in [0, 0.05) is 24.3 Å². The molecular weight excluding hydrogens is 1860 g/mol. The number of hydrogen-bond donors (Lipinski definition) is 0. The molecule has 0 amide bonds. The highest BCUT2D eigenvalue weighted by molar-refractivity contribution is 5.82. The molecule has 0 aromatic carbocycles. The van der Waals surface area contributed by atoms with Gasteiger partial charge in [0.2, 0.25) is 0 Å². The van der Waals surface area contributed by atoms with Crippen molar-refractivity contribution >= 4 is 23.9 Å². The van der Waals surface area contributed by atoms with Crippen LogP contribution in [0.3, 0.4) is 0 Å². The Morgan fingerprint density at radius 2 is 0.328 bits per heavy atom. The first kappa shape index (κ1) is 120. The maximum absolute atomic E-state index is 14.1. The van der Waals surface area contributed by atoms with E-state index in [2.05, 4.69) is 111 Å². The highest BCUT2D eigenvalue weighted by Gasteiger charge is 2.96. The van der Waals surface area contributed by atoms with E-state index in [0.717, 1.165) is 24.3 Å². The molecule has 0 aliphatic heterocycles. The molecule has 0 fully saturated rings. The zero-order valence-corrected chi connectivity index (χ0v) is 58.7. The van der Waals surface area contributed by atoms with Gasteiger partial charge in [-0.2, -0.15) is 211 Å². The summed E-state index contributed by atoms with van der Waals surface area (Å²) in [5.41, 5.74) is 0. The van der Waals surface area contributed by atoms with Crippen molar-refractivity contribution in [1.82, 2.24) is 0 Å². The Morgan fingerprint density at radius 3 is 0.459 bits per heavy atom. The summed E-state index contributed by atoms with van der Waals surface area (Å²) in [6.45, 7) is 15.9. The van der Waals surface area contributed by atoms with E-state index in [1.807, 2.05) is 0 Å². The first-order chi connectivity index (χ1) is 54.0. The fraction of sp³-hybridized carbons (Fsp3) is 0.655. The third-order valence-corrected chi connectivity index (χ3v) is 13.0. The van der Waals surface area contributed by atoms with Gasteiger partial charge in [-0.3, -0.25) is 0 Å². The van der Waals surface area contributed by atoms with Gasteiger partial charge in [-0.25, -0.2) is 58.3 Å². The molecule has 0 aliphatic carbocycles. The fourth-order valence-corrected chi connectivity index (χ4v) is 6.62. The molecule has 64 heteroatoms. The lowest BCUT2D eigenvalue weighted by molar-refractivity contribution is -0.463. The zero-order chi connectivity index (χ0) is 98.2. The molecule has 0 aromatic heterocycles. The predicted molar refractivity (Wildman–Crippen MR) is 300 cm³/mol. The zero-order valence-electron chi connectivity index (χ0n) is 58.7. The van der Waals surface area contributed by atoms with E-state index in [0.29, 0.717) is 24.3 Å². The van der Waals surface area contributed by atoms with Crippen LogP contribution in [0.1, 0.15) is 25.7 Å². The predicted octanol–water partition coefficient (Wildman–Crippen LogP) is 20.1. The van der Waals surface area contributed by atoms with Crippen molar-refractivity contribution in [2.24, 2.45) is 0 Å². The minimum atomic E-state index is -8.73. The molecule has 716 valence electrons. The summed E-state index contributed by atoms with van der Waals surface area (Å²) in [6.07, 6.45) is -44.3. The molecule has 0 aliphatic rings. The maximum Gasteiger partial charge on any atom is 0.460 e. The van der Waals surface area contributed by atoms with E-state index in [4.69, 9.17) is 0 Å².